The second kappa shape index (κ2) is 4.77. The largest absolute Gasteiger partial charge is 0.380 e. The molecule has 0 aliphatic carbocycles. The molecule has 0 bridgehead atoms. The van der Waals surface area contributed by atoms with Crippen molar-refractivity contribution in [3.05, 3.63) is 20.8 Å². The lowest BCUT2D eigenvalue weighted by Crippen LogP contribution is -2.35. The SMILES string of the molecule is CCOCCN1C=c2c(C)csc2=NC1. The molecule has 1 aromatic rings. The van der Waals surface area contributed by atoms with Gasteiger partial charge in [-0.1, -0.05) is 0 Å². The van der Waals surface area contributed by atoms with Gasteiger partial charge in [0.25, 0.3) is 0 Å². The zero-order chi connectivity index (χ0) is 10.7. The van der Waals surface area contributed by atoms with Crippen LogP contribution in [0, 0.1) is 6.92 Å². The molecule has 0 saturated heterocycles. The Labute approximate surface area is 93.7 Å². The maximum absolute atomic E-state index is 5.34. The van der Waals surface area contributed by atoms with Crippen LogP contribution in [0.25, 0.3) is 6.20 Å². The molecule has 0 N–H and O–H groups in total. The van der Waals surface area contributed by atoms with E-state index in [1.54, 1.807) is 11.3 Å². The van der Waals surface area contributed by atoms with Gasteiger partial charge in [0.15, 0.2) is 0 Å². The second-order valence-corrected chi connectivity index (χ2v) is 4.43. The van der Waals surface area contributed by atoms with E-state index in [2.05, 4.69) is 28.4 Å². The fraction of sp³-hybridized carbons (Fsp3) is 0.545. The van der Waals surface area contributed by atoms with Crippen LogP contribution < -0.4 is 9.89 Å². The first-order valence-corrected chi connectivity index (χ1v) is 6.11. The van der Waals surface area contributed by atoms with Gasteiger partial charge >= 0.3 is 0 Å². The van der Waals surface area contributed by atoms with E-state index in [1.807, 2.05) is 6.92 Å². The van der Waals surface area contributed by atoms with Crippen LogP contribution in [0.3, 0.4) is 0 Å². The van der Waals surface area contributed by atoms with Gasteiger partial charge in [0.1, 0.15) is 11.3 Å². The summed E-state index contributed by atoms with van der Waals surface area (Å²) >= 11 is 1.73. The summed E-state index contributed by atoms with van der Waals surface area (Å²) in [6, 6.07) is 0. The van der Waals surface area contributed by atoms with Gasteiger partial charge < -0.3 is 9.64 Å². The van der Waals surface area contributed by atoms with Crippen molar-refractivity contribution in [1.29, 1.82) is 0 Å². The molecule has 0 atom stereocenters. The van der Waals surface area contributed by atoms with E-state index in [-0.39, 0.29) is 0 Å². The Morgan fingerprint density at radius 1 is 1.60 bits per heavy atom. The zero-order valence-electron chi connectivity index (χ0n) is 9.19. The van der Waals surface area contributed by atoms with E-state index in [4.69, 9.17) is 4.74 Å². The monoisotopic (exact) mass is 224 g/mol. The number of hydrogen-bond donors (Lipinski definition) is 0. The molecule has 0 fully saturated rings. The number of hydrogen-bond acceptors (Lipinski definition) is 4. The number of nitrogens with zero attached hydrogens (tertiary/aromatic N) is 2. The third-order valence-corrected chi connectivity index (χ3v) is 3.48. The van der Waals surface area contributed by atoms with Crippen molar-refractivity contribution in [2.75, 3.05) is 26.4 Å². The molecule has 15 heavy (non-hydrogen) atoms. The molecule has 2 rings (SSSR count). The van der Waals surface area contributed by atoms with Crippen LogP contribution in [0.1, 0.15) is 12.5 Å². The maximum atomic E-state index is 5.34. The van der Waals surface area contributed by atoms with Gasteiger partial charge in [-0.2, -0.15) is 0 Å². The topological polar surface area (TPSA) is 24.8 Å². The normalized spacial score (nSPS) is 14.4. The van der Waals surface area contributed by atoms with Crippen LogP contribution in [-0.4, -0.2) is 31.3 Å². The van der Waals surface area contributed by atoms with Crippen LogP contribution in [0.2, 0.25) is 0 Å². The van der Waals surface area contributed by atoms with Crippen molar-refractivity contribution < 1.29 is 4.74 Å². The Bertz CT molecular complexity index is 438. The van der Waals surface area contributed by atoms with Crippen LogP contribution in [0.15, 0.2) is 10.4 Å². The quantitative estimate of drug-likeness (QED) is 0.704. The van der Waals surface area contributed by atoms with Gasteiger partial charge in [0, 0.05) is 24.6 Å². The van der Waals surface area contributed by atoms with Gasteiger partial charge in [0.2, 0.25) is 0 Å². The number of rotatable bonds is 4. The standard InChI is InChI=1S/C11H16N2OS/c1-3-14-5-4-13-6-10-9(2)7-15-11(10)12-8-13/h6-7H,3-5,8H2,1-2H3. The summed E-state index contributed by atoms with van der Waals surface area (Å²) in [5, 5.41) is 3.44. The Morgan fingerprint density at radius 2 is 2.47 bits per heavy atom. The minimum atomic E-state index is 0.764. The Morgan fingerprint density at radius 3 is 3.27 bits per heavy atom. The highest BCUT2D eigenvalue weighted by molar-refractivity contribution is 7.07. The summed E-state index contributed by atoms with van der Waals surface area (Å²) in [6.07, 6.45) is 2.20. The van der Waals surface area contributed by atoms with Crippen molar-refractivity contribution >= 4 is 17.5 Å². The van der Waals surface area contributed by atoms with Crippen molar-refractivity contribution in [3.63, 3.8) is 0 Å². The van der Waals surface area contributed by atoms with E-state index in [0.29, 0.717) is 0 Å². The number of ether oxygens (including phenoxy) is 1. The van der Waals surface area contributed by atoms with Crippen molar-refractivity contribution in [1.82, 2.24) is 4.90 Å². The molecule has 0 unspecified atom stereocenters. The number of aryl methyl sites for hydroxylation is 1. The first-order valence-electron chi connectivity index (χ1n) is 5.23. The highest BCUT2D eigenvalue weighted by Crippen LogP contribution is 1.98. The van der Waals surface area contributed by atoms with Crippen molar-refractivity contribution in [2.45, 2.75) is 13.8 Å². The summed E-state index contributed by atoms with van der Waals surface area (Å²) < 4.78 is 6.50. The lowest BCUT2D eigenvalue weighted by molar-refractivity contribution is 0.131. The van der Waals surface area contributed by atoms with Crippen molar-refractivity contribution in [3.8, 4) is 0 Å². The van der Waals surface area contributed by atoms with Gasteiger partial charge in [-0.15, -0.1) is 11.3 Å². The number of thiophene rings is 1. The predicted octanol–water partition coefficient (Wildman–Crippen LogP) is 0.724. The fourth-order valence-corrected chi connectivity index (χ4v) is 2.45. The Balaban J connectivity index is 2.09. The molecule has 4 heteroatoms. The highest BCUT2D eigenvalue weighted by Gasteiger charge is 2.05. The van der Waals surface area contributed by atoms with Gasteiger partial charge in [-0.3, -0.25) is 4.99 Å². The minimum absolute atomic E-state index is 0.764. The lowest BCUT2D eigenvalue weighted by Gasteiger charge is -2.19. The zero-order valence-corrected chi connectivity index (χ0v) is 10.0. The Hall–Kier alpha value is -0.870. The second-order valence-electron chi connectivity index (χ2n) is 3.58. The molecule has 2 heterocycles. The van der Waals surface area contributed by atoms with E-state index >= 15 is 0 Å². The first-order chi connectivity index (χ1) is 7.31. The smallest absolute Gasteiger partial charge is 0.121 e. The molecule has 0 spiro atoms. The molecule has 3 nitrogen and oxygen atoms in total. The number of fused-ring (bicyclic) bond motifs is 1. The molecule has 0 amide bonds. The molecule has 0 aromatic carbocycles. The van der Waals surface area contributed by atoms with Crippen LogP contribution >= 0.6 is 11.3 Å². The molecule has 0 saturated carbocycles. The molecule has 1 aromatic heterocycles. The van der Waals surface area contributed by atoms with Crippen LogP contribution in [0.4, 0.5) is 0 Å². The van der Waals surface area contributed by atoms with Gasteiger partial charge in [-0.25, -0.2) is 0 Å². The average Bonchev–Trinajstić information content (AvgIpc) is 2.61. The molecule has 0 radical (unpaired) electrons. The molecule has 82 valence electrons. The van der Waals surface area contributed by atoms with Gasteiger partial charge in [-0.05, 0) is 24.8 Å². The fourth-order valence-electron chi connectivity index (χ4n) is 1.56. The molecule has 1 aliphatic rings. The van der Waals surface area contributed by atoms with Crippen LogP contribution in [-0.2, 0) is 4.74 Å². The molecular formula is C11H16N2OS. The molecule has 1 aliphatic heterocycles. The third-order valence-electron chi connectivity index (χ3n) is 2.44. The van der Waals surface area contributed by atoms with Crippen molar-refractivity contribution in [2.24, 2.45) is 4.99 Å². The summed E-state index contributed by atoms with van der Waals surface area (Å²) in [5.41, 5.74) is 1.32. The van der Waals surface area contributed by atoms with E-state index in [1.165, 1.54) is 15.5 Å². The Kier molecular flexibility index (Phi) is 3.38. The maximum Gasteiger partial charge on any atom is 0.121 e. The first kappa shape index (κ1) is 10.6. The van der Waals surface area contributed by atoms with Gasteiger partial charge in [0.05, 0.1) is 6.61 Å². The lowest BCUT2D eigenvalue weighted by atomic mass is 10.3. The van der Waals surface area contributed by atoms with E-state index in [0.717, 1.165) is 26.4 Å². The average molecular weight is 224 g/mol. The minimum Gasteiger partial charge on any atom is -0.380 e. The van der Waals surface area contributed by atoms with Crippen LogP contribution in [0.5, 0.6) is 0 Å². The van der Waals surface area contributed by atoms with E-state index in [9.17, 15) is 0 Å². The third kappa shape index (κ3) is 2.38. The summed E-state index contributed by atoms with van der Waals surface area (Å²) in [5.74, 6) is 0. The molecular weight excluding hydrogens is 208 g/mol. The summed E-state index contributed by atoms with van der Waals surface area (Å²) in [4.78, 5) is 6.74. The summed E-state index contributed by atoms with van der Waals surface area (Å²) in [6.45, 7) is 7.40. The summed E-state index contributed by atoms with van der Waals surface area (Å²) in [7, 11) is 0. The highest BCUT2D eigenvalue weighted by atomic mass is 32.1. The van der Waals surface area contributed by atoms with E-state index < -0.39 is 0 Å². The predicted molar refractivity (Wildman–Crippen MR) is 62.4 cm³/mol.